The minimum Gasteiger partial charge on any atom is -0.338 e. The molecule has 17 heavy (non-hydrogen) atoms. The Morgan fingerprint density at radius 1 is 1.59 bits per heavy atom. The fourth-order valence-corrected chi connectivity index (χ4v) is 2.56. The zero-order valence-electron chi connectivity index (χ0n) is 9.44. The standard InChI is InChI=1S/C11H11BrN2O2S/c1-6(2)8(15)4-10-13-11(14-16-10)9-3-7(12)5-17-9/h3,5-6H,4H2,1-2H3. The van der Waals surface area contributed by atoms with E-state index in [1.165, 1.54) is 11.3 Å². The lowest BCUT2D eigenvalue weighted by molar-refractivity contribution is -0.121. The summed E-state index contributed by atoms with van der Waals surface area (Å²) in [4.78, 5) is 16.7. The molecule has 90 valence electrons. The van der Waals surface area contributed by atoms with Crippen molar-refractivity contribution in [3.05, 3.63) is 21.8 Å². The number of rotatable bonds is 4. The number of nitrogens with zero attached hydrogens (tertiary/aromatic N) is 2. The normalized spacial score (nSPS) is 11.1. The van der Waals surface area contributed by atoms with Gasteiger partial charge in [-0.3, -0.25) is 4.79 Å². The SMILES string of the molecule is CC(C)C(=O)Cc1nc(-c2cc(Br)cs2)no1. The number of Topliss-reactive ketones (excluding diaryl/α,β-unsaturated/α-hetero) is 1. The molecule has 2 aromatic rings. The molecule has 0 unspecified atom stereocenters. The first-order chi connectivity index (χ1) is 8.06. The number of thiophene rings is 1. The molecule has 0 aliphatic heterocycles. The van der Waals surface area contributed by atoms with E-state index in [0.29, 0.717) is 11.7 Å². The molecule has 2 heterocycles. The van der Waals surface area contributed by atoms with E-state index in [2.05, 4.69) is 26.1 Å². The second-order valence-electron chi connectivity index (χ2n) is 3.94. The molecule has 0 aromatic carbocycles. The van der Waals surface area contributed by atoms with Crippen LogP contribution >= 0.6 is 27.3 Å². The van der Waals surface area contributed by atoms with Gasteiger partial charge in [0.2, 0.25) is 11.7 Å². The van der Waals surface area contributed by atoms with Crippen molar-refractivity contribution in [3.63, 3.8) is 0 Å². The minimum atomic E-state index is -0.0127. The van der Waals surface area contributed by atoms with Crippen LogP contribution in [0, 0.1) is 5.92 Å². The number of hydrogen-bond donors (Lipinski definition) is 0. The maximum absolute atomic E-state index is 11.5. The van der Waals surface area contributed by atoms with E-state index in [4.69, 9.17) is 4.52 Å². The highest BCUT2D eigenvalue weighted by molar-refractivity contribution is 9.10. The molecular formula is C11H11BrN2O2S. The van der Waals surface area contributed by atoms with Gasteiger partial charge in [0.05, 0.1) is 11.3 Å². The summed E-state index contributed by atoms with van der Waals surface area (Å²) >= 11 is 4.89. The van der Waals surface area contributed by atoms with Crippen molar-refractivity contribution >= 4 is 33.0 Å². The van der Waals surface area contributed by atoms with Gasteiger partial charge in [0.15, 0.2) is 0 Å². The summed E-state index contributed by atoms with van der Waals surface area (Å²) in [7, 11) is 0. The maximum atomic E-state index is 11.5. The number of aromatic nitrogens is 2. The van der Waals surface area contributed by atoms with Gasteiger partial charge in [0.25, 0.3) is 0 Å². The number of ketones is 1. The van der Waals surface area contributed by atoms with Gasteiger partial charge < -0.3 is 4.52 Å². The van der Waals surface area contributed by atoms with Gasteiger partial charge in [0.1, 0.15) is 5.78 Å². The van der Waals surface area contributed by atoms with Crippen LogP contribution in [0.25, 0.3) is 10.7 Å². The summed E-state index contributed by atoms with van der Waals surface area (Å²) in [5, 5.41) is 5.81. The van der Waals surface area contributed by atoms with E-state index in [9.17, 15) is 4.79 Å². The number of hydrogen-bond acceptors (Lipinski definition) is 5. The van der Waals surface area contributed by atoms with Gasteiger partial charge in [-0.1, -0.05) is 19.0 Å². The highest BCUT2D eigenvalue weighted by Gasteiger charge is 2.15. The lowest BCUT2D eigenvalue weighted by Gasteiger charge is -1.98. The predicted octanol–water partition coefficient (Wildman–Crippen LogP) is 3.33. The third kappa shape index (κ3) is 3.01. The van der Waals surface area contributed by atoms with Crippen LogP contribution in [0.2, 0.25) is 0 Å². The molecule has 0 saturated carbocycles. The van der Waals surface area contributed by atoms with Gasteiger partial charge in [-0.15, -0.1) is 11.3 Å². The van der Waals surface area contributed by atoms with Gasteiger partial charge in [-0.2, -0.15) is 4.98 Å². The topological polar surface area (TPSA) is 56.0 Å². The average molecular weight is 315 g/mol. The second kappa shape index (κ2) is 5.10. The first-order valence-corrected chi connectivity index (χ1v) is 6.83. The Labute approximate surface area is 111 Å². The molecule has 0 amide bonds. The summed E-state index contributed by atoms with van der Waals surface area (Å²) in [6.45, 7) is 3.71. The minimum absolute atomic E-state index is 0.0127. The molecule has 0 aliphatic carbocycles. The van der Waals surface area contributed by atoms with Crippen LogP contribution in [0.4, 0.5) is 0 Å². The lowest BCUT2D eigenvalue weighted by atomic mass is 10.1. The Kier molecular flexibility index (Phi) is 3.73. The van der Waals surface area contributed by atoms with Gasteiger partial charge in [-0.05, 0) is 22.0 Å². The third-order valence-corrected chi connectivity index (χ3v) is 3.91. The van der Waals surface area contributed by atoms with E-state index < -0.39 is 0 Å². The average Bonchev–Trinajstić information content (AvgIpc) is 2.86. The lowest BCUT2D eigenvalue weighted by Crippen LogP contribution is -2.10. The maximum Gasteiger partial charge on any atom is 0.234 e. The quantitative estimate of drug-likeness (QED) is 0.868. The van der Waals surface area contributed by atoms with Crippen molar-refractivity contribution in [2.24, 2.45) is 5.92 Å². The monoisotopic (exact) mass is 314 g/mol. The van der Waals surface area contributed by atoms with Crippen LogP contribution in [0.5, 0.6) is 0 Å². The number of carbonyl (C=O) groups is 1. The molecule has 6 heteroatoms. The third-order valence-electron chi connectivity index (χ3n) is 2.23. The molecular weight excluding hydrogens is 304 g/mol. The summed E-state index contributed by atoms with van der Waals surface area (Å²) in [6, 6.07) is 1.92. The highest BCUT2D eigenvalue weighted by Crippen LogP contribution is 2.27. The molecule has 0 bridgehead atoms. The first-order valence-electron chi connectivity index (χ1n) is 5.16. The van der Waals surface area contributed by atoms with Crippen molar-refractivity contribution in [3.8, 4) is 10.7 Å². The van der Waals surface area contributed by atoms with Crippen LogP contribution in [-0.4, -0.2) is 15.9 Å². The molecule has 2 rings (SSSR count). The predicted molar refractivity (Wildman–Crippen MR) is 68.9 cm³/mol. The van der Waals surface area contributed by atoms with E-state index in [0.717, 1.165) is 9.35 Å². The zero-order chi connectivity index (χ0) is 12.4. The molecule has 2 aromatic heterocycles. The van der Waals surface area contributed by atoms with Crippen LogP contribution in [-0.2, 0) is 11.2 Å². The van der Waals surface area contributed by atoms with Gasteiger partial charge >= 0.3 is 0 Å². The van der Waals surface area contributed by atoms with Crippen LogP contribution in [0.15, 0.2) is 20.4 Å². The molecule has 0 aliphatic rings. The van der Waals surface area contributed by atoms with E-state index in [-0.39, 0.29) is 18.1 Å². The second-order valence-corrected chi connectivity index (χ2v) is 5.77. The molecule has 4 nitrogen and oxygen atoms in total. The molecule has 0 spiro atoms. The van der Waals surface area contributed by atoms with Crippen molar-refractivity contribution < 1.29 is 9.32 Å². The number of halogens is 1. The van der Waals surface area contributed by atoms with Gasteiger partial charge in [0, 0.05) is 15.8 Å². The fraction of sp³-hybridized carbons (Fsp3) is 0.364. The summed E-state index contributed by atoms with van der Waals surface area (Å²) in [5.74, 6) is 1.00. The highest BCUT2D eigenvalue weighted by atomic mass is 79.9. The Bertz CT molecular complexity index is 533. The summed E-state index contributed by atoms with van der Waals surface area (Å²) < 4.78 is 6.05. The largest absolute Gasteiger partial charge is 0.338 e. The first kappa shape index (κ1) is 12.4. The van der Waals surface area contributed by atoms with Crippen molar-refractivity contribution in [1.29, 1.82) is 0 Å². The molecule has 0 radical (unpaired) electrons. The Balaban J connectivity index is 2.14. The van der Waals surface area contributed by atoms with Gasteiger partial charge in [-0.25, -0.2) is 0 Å². The van der Waals surface area contributed by atoms with E-state index in [1.54, 1.807) is 0 Å². The van der Waals surface area contributed by atoms with Crippen LogP contribution in [0.3, 0.4) is 0 Å². The Morgan fingerprint density at radius 2 is 2.35 bits per heavy atom. The summed E-state index contributed by atoms with van der Waals surface area (Å²) in [5.41, 5.74) is 0. The molecule has 0 fully saturated rings. The fourth-order valence-electron chi connectivity index (χ4n) is 1.21. The smallest absolute Gasteiger partial charge is 0.234 e. The zero-order valence-corrected chi connectivity index (χ0v) is 11.8. The van der Waals surface area contributed by atoms with Crippen molar-refractivity contribution in [1.82, 2.24) is 10.1 Å². The number of carbonyl (C=O) groups excluding carboxylic acids is 1. The van der Waals surface area contributed by atoms with E-state index >= 15 is 0 Å². The van der Waals surface area contributed by atoms with Crippen molar-refractivity contribution in [2.75, 3.05) is 0 Å². The molecule has 0 saturated heterocycles. The van der Waals surface area contributed by atoms with Crippen LogP contribution < -0.4 is 0 Å². The van der Waals surface area contributed by atoms with Crippen LogP contribution in [0.1, 0.15) is 19.7 Å². The van der Waals surface area contributed by atoms with Crippen molar-refractivity contribution in [2.45, 2.75) is 20.3 Å². The Hall–Kier alpha value is -1.01. The summed E-state index contributed by atoms with van der Waals surface area (Å²) in [6.07, 6.45) is 0.206. The van der Waals surface area contributed by atoms with E-state index in [1.807, 2.05) is 25.3 Å². The Morgan fingerprint density at radius 3 is 2.94 bits per heavy atom. The molecule has 0 N–H and O–H groups in total. The molecule has 0 atom stereocenters.